The van der Waals surface area contributed by atoms with Crippen LogP contribution in [0.25, 0.3) is 0 Å². The van der Waals surface area contributed by atoms with Crippen LogP contribution in [-0.4, -0.2) is 23.3 Å². The highest BCUT2D eigenvalue weighted by Gasteiger charge is 2.14. The summed E-state index contributed by atoms with van der Waals surface area (Å²) in [6, 6.07) is 5.71. The number of aryl methyl sites for hydroxylation is 1. The van der Waals surface area contributed by atoms with Gasteiger partial charge in [0.15, 0.2) is 11.5 Å². The summed E-state index contributed by atoms with van der Waals surface area (Å²) in [6.07, 6.45) is 1.79. The first-order valence-corrected chi connectivity index (χ1v) is 6.87. The lowest BCUT2D eigenvalue weighted by Gasteiger charge is -2.08. The van der Waals surface area contributed by atoms with E-state index in [1.54, 1.807) is 18.3 Å². The lowest BCUT2D eigenvalue weighted by atomic mass is 10.2. The zero-order valence-corrected chi connectivity index (χ0v) is 12.0. The fourth-order valence-electron chi connectivity index (χ4n) is 2.00. The van der Waals surface area contributed by atoms with Crippen LogP contribution in [0.1, 0.15) is 18.2 Å². The third-order valence-corrected chi connectivity index (χ3v) is 3.18. The van der Waals surface area contributed by atoms with Gasteiger partial charge in [0.1, 0.15) is 5.75 Å². The Balaban J connectivity index is 1.74. The molecule has 0 amide bonds. The Kier molecular flexibility index (Phi) is 3.87. The molecule has 1 N–H and O–H groups in total. The summed E-state index contributed by atoms with van der Waals surface area (Å²) in [7, 11) is 0. The zero-order chi connectivity index (χ0) is 14.7. The van der Waals surface area contributed by atoms with Gasteiger partial charge in [-0.3, -0.25) is 0 Å². The Bertz CT molecular complexity index is 646. The highest BCUT2D eigenvalue weighted by atomic mass is 16.7. The van der Waals surface area contributed by atoms with Crippen molar-refractivity contribution in [1.82, 2.24) is 15.3 Å². The normalized spacial score (nSPS) is 12.5. The fraction of sp³-hybridized carbons (Fsp3) is 0.333. The third-order valence-electron chi connectivity index (χ3n) is 3.18. The molecule has 0 spiro atoms. The largest absolute Gasteiger partial charge is 0.454 e. The zero-order valence-electron chi connectivity index (χ0n) is 12.0. The number of nitrogens with one attached hydrogen (secondary N) is 1. The van der Waals surface area contributed by atoms with Gasteiger partial charge >= 0.3 is 6.01 Å². The van der Waals surface area contributed by atoms with Crippen LogP contribution in [0, 0.1) is 6.92 Å². The monoisotopic (exact) mass is 287 g/mol. The molecule has 1 aliphatic heterocycles. The van der Waals surface area contributed by atoms with Gasteiger partial charge in [0.25, 0.3) is 0 Å². The van der Waals surface area contributed by atoms with Gasteiger partial charge in [-0.05, 0) is 25.6 Å². The first kappa shape index (κ1) is 13.6. The molecular formula is C15H17N3O3. The SMILES string of the molecule is CCNCc1cnc(Oc2ccc3c(c2)OCO3)nc1C. The van der Waals surface area contributed by atoms with Crippen LogP contribution in [0.2, 0.25) is 0 Å². The van der Waals surface area contributed by atoms with Crippen molar-refractivity contribution in [3.05, 3.63) is 35.7 Å². The van der Waals surface area contributed by atoms with Gasteiger partial charge in [-0.1, -0.05) is 6.92 Å². The maximum Gasteiger partial charge on any atom is 0.322 e. The van der Waals surface area contributed by atoms with E-state index in [9.17, 15) is 0 Å². The second-order valence-electron chi connectivity index (χ2n) is 4.66. The Morgan fingerprint density at radius 3 is 2.95 bits per heavy atom. The predicted octanol–water partition coefficient (Wildman–Crippen LogP) is 2.42. The summed E-state index contributed by atoms with van der Waals surface area (Å²) in [5.41, 5.74) is 1.97. The number of hydrogen-bond donors (Lipinski definition) is 1. The molecule has 2 heterocycles. The molecule has 110 valence electrons. The van der Waals surface area contributed by atoms with E-state index in [1.807, 2.05) is 13.0 Å². The molecule has 0 radical (unpaired) electrons. The van der Waals surface area contributed by atoms with Crippen LogP contribution in [0.5, 0.6) is 23.3 Å². The van der Waals surface area contributed by atoms with Crippen LogP contribution in [0.15, 0.2) is 24.4 Å². The predicted molar refractivity (Wildman–Crippen MR) is 76.8 cm³/mol. The highest BCUT2D eigenvalue weighted by molar-refractivity contribution is 5.47. The number of benzene rings is 1. The van der Waals surface area contributed by atoms with Crippen molar-refractivity contribution >= 4 is 0 Å². The van der Waals surface area contributed by atoms with E-state index in [2.05, 4.69) is 22.2 Å². The Morgan fingerprint density at radius 2 is 2.14 bits per heavy atom. The van der Waals surface area contributed by atoms with Crippen LogP contribution < -0.4 is 19.5 Å². The Hall–Kier alpha value is -2.34. The molecule has 0 aliphatic carbocycles. The van der Waals surface area contributed by atoms with Crippen molar-refractivity contribution in [2.75, 3.05) is 13.3 Å². The summed E-state index contributed by atoms with van der Waals surface area (Å²) in [5, 5.41) is 3.25. The molecule has 3 rings (SSSR count). The van der Waals surface area contributed by atoms with Gasteiger partial charge in [0, 0.05) is 30.1 Å². The lowest BCUT2D eigenvalue weighted by molar-refractivity contribution is 0.174. The van der Waals surface area contributed by atoms with Gasteiger partial charge in [-0.25, -0.2) is 4.98 Å². The number of nitrogens with zero attached hydrogens (tertiary/aromatic N) is 2. The average Bonchev–Trinajstić information content (AvgIpc) is 2.94. The van der Waals surface area contributed by atoms with Crippen LogP contribution in [-0.2, 0) is 6.54 Å². The molecule has 0 unspecified atom stereocenters. The van der Waals surface area contributed by atoms with Crippen LogP contribution in [0.3, 0.4) is 0 Å². The minimum Gasteiger partial charge on any atom is -0.454 e. The summed E-state index contributed by atoms with van der Waals surface area (Å²) in [5.74, 6) is 2.02. The summed E-state index contributed by atoms with van der Waals surface area (Å²) in [4.78, 5) is 8.61. The van der Waals surface area contributed by atoms with Crippen molar-refractivity contribution in [3.63, 3.8) is 0 Å². The van der Waals surface area contributed by atoms with E-state index in [0.717, 1.165) is 30.1 Å². The van der Waals surface area contributed by atoms with Crippen molar-refractivity contribution in [2.45, 2.75) is 20.4 Å². The average molecular weight is 287 g/mol. The fourth-order valence-corrected chi connectivity index (χ4v) is 2.00. The van der Waals surface area contributed by atoms with Crippen molar-refractivity contribution < 1.29 is 14.2 Å². The Morgan fingerprint density at radius 1 is 1.29 bits per heavy atom. The first-order chi connectivity index (χ1) is 10.3. The minimum absolute atomic E-state index is 0.244. The first-order valence-electron chi connectivity index (χ1n) is 6.87. The van der Waals surface area contributed by atoms with Crippen molar-refractivity contribution in [3.8, 4) is 23.3 Å². The molecule has 1 aliphatic rings. The summed E-state index contributed by atoms with van der Waals surface area (Å²) in [6.45, 7) is 5.92. The molecule has 2 aromatic rings. The van der Waals surface area contributed by atoms with Crippen molar-refractivity contribution in [1.29, 1.82) is 0 Å². The topological polar surface area (TPSA) is 65.5 Å². The second kappa shape index (κ2) is 5.97. The van der Waals surface area contributed by atoms with E-state index in [4.69, 9.17) is 14.2 Å². The minimum atomic E-state index is 0.244. The van der Waals surface area contributed by atoms with Gasteiger partial charge in [-0.15, -0.1) is 0 Å². The maximum atomic E-state index is 5.67. The van der Waals surface area contributed by atoms with Gasteiger partial charge in [0.05, 0.1) is 0 Å². The smallest absolute Gasteiger partial charge is 0.322 e. The third kappa shape index (κ3) is 3.05. The number of hydrogen-bond acceptors (Lipinski definition) is 6. The van der Waals surface area contributed by atoms with E-state index in [-0.39, 0.29) is 6.79 Å². The quantitative estimate of drug-likeness (QED) is 0.911. The molecule has 0 bridgehead atoms. The van der Waals surface area contributed by atoms with Crippen LogP contribution >= 0.6 is 0 Å². The molecule has 0 fully saturated rings. The van der Waals surface area contributed by atoms with E-state index < -0.39 is 0 Å². The lowest BCUT2D eigenvalue weighted by Crippen LogP contribution is -2.13. The standard InChI is InChI=1S/C15H17N3O3/c1-3-16-7-11-8-17-15(18-10(11)2)21-12-4-5-13-14(6-12)20-9-19-13/h4-6,8,16H,3,7,9H2,1-2H3. The second-order valence-corrected chi connectivity index (χ2v) is 4.66. The molecule has 6 heteroatoms. The molecular weight excluding hydrogens is 270 g/mol. The van der Waals surface area contributed by atoms with Crippen LogP contribution in [0.4, 0.5) is 0 Å². The molecule has 0 saturated heterocycles. The molecule has 1 aromatic heterocycles. The molecule has 6 nitrogen and oxygen atoms in total. The number of ether oxygens (including phenoxy) is 3. The van der Waals surface area contributed by atoms with E-state index >= 15 is 0 Å². The molecule has 21 heavy (non-hydrogen) atoms. The number of aromatic nitrogens is 2. The molecule has 0 saturated carbocycles. The van der Waals surface area contributed by atoms with E-state index in [1.165, 1.54) is 0 Å². The maximum absolute atomic E-state index is 5.67. The highest BCUT2D eigenvalue weighted by Crippen LogP contribution is 2.36. The molecule has 1 aromatic carbocycles. The van der Waals surface area contributed by atoms with E-state index in [0.29, 0.717) is 17.5 Å². The Labute approximate surface area is 123 Å². The molecule has 0 atom stereocenters. The summed E-state index contributed by atoms with van der Waals surface area (Å²) < 4.78 is 16.2. The summed E-state index contributed by atoms with van der Waals surface area (Å²) >= 11 is 0. The number of fused-ring (bicyclic) bond motifs is 1. The van der Waals surface area contributed by atoms with Gasteiger partial charge in [-0.2, -0.15) is 4.98 Å². The number of rotatable bonds is 5. The van der Waals surface area contributed by atoms with Gasteiger partial charge in [0.2, 0.25) is 6.79 Å². The van der Waals surface area contributed by atoms with Gasteiger partial charge < -0.3 is 19.5 Å². The van der Waals surface area contributed by atoms with Crippen molar-refractivity contribution in [2.24, 2.45) is 0 Å².